The number of morpholine rings is 1. The monoisotopic (exact) mass is 395 g/mol. The maximum Gasteiger partial charge on any atom is 0.280 e. The fraction of sp³-hybridized carbons (Fsp3) is 0.364. The first-order chi connectivity index (χ1) is 14.0. The van der Waals surface area contributed by atoms with Gasteiger partial charge in [0.25, 0.3) is 17.4 Å². The van der Waals surface area contributed by atoms with Crippen molar-refractivity contribution in [3.05, 3.63) is 48.5 Å². The molecule has 1 atom stereocenters. The van der Waals surface area contributed by atoms with Crippen LogP contribution < -0.4 is 19.9 Å². The zero-order valence-electron chi connectivity index (χ0n) is 16.7. The van der Waals surface area contributed by atoms with E-state index in [1.54, 1.807) is 11.0 Å². The third-order valence-corrected chi connectivity index (χ3v) is 5.37. The van der Waals surface area contributed by atoms with Crippen molar-refractivity contribution in [3.8, 4) is 5.75 Å². The molecule has 0 radical (unpaired) electrons. The number of para-hydroxylation sites is 2. The maximum absolute atomic E-state index is 13.1. The lowest BCUT2D eigenvalue weighted by atomic mass is 9.99. The topological polar surface area (TPSA) is 71.1 Å². The molecule has 29 heavy (non-hydrogen) atoms. The van der Waals surface area contributed by atoms with Gasteiger partial charge in [-0.25, -0.2) is 0 Å². The molecule has 2 aromatic carbocycles. The SMILES string of the molecule is CCN1C(=O)C(C)(C(=O)Nc2ccc(N3CCOCC3)cc2)Oc2ccccc21. The second-order valence-corrected chi connectivity index (χ2v) is 7.25. The molecule has 2 aliphatic heterocycles. The number of amides is 2. The Kier molecular flexibility index (Phi) is 5.15. The van der Waals surface area contributed by atoms with Crippen molar-refractivity contribution >= 4 is 28.9 Å². The van der Waals surface area contributed by atoms with Gasteiger partial charge in [0.1, 0.15) is 5.75 Å². The Hall–Kier alpha value is -3.06. The molecule has 1 saturated heterocycles. The van der Waals surface area contributed by atoms with Gasteiger partial charge < -0.3 is 24.6 Å². The van der Waals surface area contributed by atoms with Crippen LogP contribution in [0.1, 0.15) is 13.8 Å². The summed E-state index contributed by atoms with van der Waals surface area (Å²) in [4.78, 5) is 29.9. The van der Waals surface area contributed by atoms with Gasteiger partial charge in [0.05, 0.1) is 18.9 Å². The van der Waals surface area contributed by atoms with Crippen LogP contribution >= 0.6 is 0 Å². The van der Waals surface area contributed by atoms with Crippen LogP contribution in [-0.2, 0) is 14.3 Å². The minimum atomic E-state index is -1.63. The largest absolute Gasteiger partial charge is 0.465 e. The van der Waals surface area contributed by atoms with Crippen LogP contribution in [0.4, 0.5) is 17.1 Å². The standard InChI is InChI=1S/C22H25N3O4/c1-3-25-18-6-4-5-7-19(18)29-22(2,21(25)27)20(26)23-16-8-10-17(11-9-16)24-12-14-28-15-13-24/h4-11H,3,12-15H2,1-2H3,(H,23,26). The van der Waals surface area contributed by atoms with E-state index in [1.807, 2.05) is 49.4 Å². The van der Waals surface area contributed by atoms with Crippen molar-refractivity contribution in [1.82, 2.24) is 0 Å². The quantitative estimate of drug-likeness (QED) is 0.806. The molecular formula is C22H25N3O4. The van der Waals surface area contributed by atoms with Gasteiger partial charge in [-0.05, 0) is 50.2 Å². The molecule has 2 amide bonds. The highest BCUT2D eigenvalue weighted by molar-refractivity contribution is 6.19. The molecule has 2 aromatic rings. The molecule has 2 aliphatic rings. The van der Waals surface area contributed by atoms with Crippen LogP contribution in [0.15, 0.2) is 48.5 Å². The number of carbonyl (C=O) groups is 2. The van der Waals surface area contributed by atoms with Gasteiger partial charge in [-0.15, -0.1) is 0 Å². The number of rotatable bonds is 4. The van der Waals surface area contributed by atoms with Crippen LogP contribution in [0.3, 0.4) is 0 Å². The molecule has 1 N–H and O–H groups in total. The second kappa shape index (κ2) is 7.75. The molecule has 7 heteroatoms. The first kappa shape index (κ1) is 19.3. The Balaban J connectivity index is 1.52. The van der Waals surface area contributed by atoms with Crippen molar-refractivity contribution in [1.29, 1.82) is 0 Å². The number of fused-ring (bicyclic) bond motifs is 1. The Morgan fingerprint density at radius 1 is 1.10 bits per heavy atom. The minimum Gasteiger partial charge on any atom is -0.465 e. The van der Waals surface area contributed by atoms with Crippen LogP contribution in [0.2, 0.25) is 0 Å². The Morgan fingerprint density at radius 3 is 2.48 bits per heavy atom. The smallest absolute Gasteiger partial charge is 0.280 e. The van der Waals surface area contributed by atoms with E-state index in [-0.39, 0.29) is 5.91 Å². The minimum absolute atomic E-state index is 0.374. The molecule has 0 bridgehead atoms. The van der Waals surface area contributed by atoms with E-state index < -0.39 is 11.5 Å². The van der Waals surface area contributed by atoms with Gasteiger partial charge in [0, 0.05) is 31.0 Å². The molecule has 0 aromatic heterocycles. The van der Waals surface area contributed by atoms with E-state index in [0.29, 0.717) is 36.9 Å². The number of nitrogens with one attached hydrogen (secondary N) is 1. The lowest BCUT2D eigenvalue weighted by Crippen LogP contribution is -2.60. The van der Waals surface area contributed by atoms with E-state index in [0.717, 1.165) is 18.8 Å². The fourth-order valence-electron chi connectivity index (χ4n) is 3.68. The third kappa shape index (κ3) is 3.53. The summed E-state index contributed by atoms with van der Waals surface area (Å²) in [6.07, 6.45) is 0. The summed E-state index contributed by atoms with van der Waals surface area (Å²) in [5, 5.41) is 2.83. The van der Waals surface area contributed by atoms with Gasteiger partial charge >= 0.3 is 0 Å². The van der Waals surface area contributed by atoms with E-state index in [9.17, 15) is 9.59 Å². The van der Waals surface area contributed by atoms with Crippen molar-refractivity contribution in [2.75, 3.05) is 48.0 Å². The molecule has 1 fully saturated rings. The van der Waals surface area contributed by atoms with E-state index in [4.69, 9.17) is 9.47 Å². The Bertz CT molecular complexity index is 909. The first-order valence-corrected chi connectivity index (χ1v) is 9.87. The van der Waals surface area contributed by atoms with Crippen LogP contribution in [0, 0.1) is 0 Å². The number of nitrogens with zero attached hydrogens (tertiary/aromatic N) is 2. The summed E-state index contributed by atoms with van der Waals surface area (Å²) in [7, 11) is 0. The van der Waals surface area contributed by atoms with E-state index >= 15 is 0 Å². The van der Waals surface area contributed by atoms with Gasteiger partial charge in [0.15, 0.2) is 0 Å². The zero-order valence-corrected chi connectivity index (χ0v) is 16.7. The third-order valence-electron chi connectivity index (χ3n) is 5.37. The fourth-order valence-corrected chi connectivity index (χ4v) is 3.68. The normalized spacial score (nSPS) is 21.4. The predicted octanol–water partition coefficient (Wildman–Crippen LogP) is 2.67. The molecule has 2 heterocycles. The van der Waals surface area contributed by atoms with Crippen molar-refractivity contribution in [2.24, 2.45) is 0 Å². The number of hydrogen-bond donors (Lipinski definition) is 1. The number of hydrogen-bond acceptors (Lipinski definition) is 5. The molecule has 0 spiro atoms. The first-order valence-electron chi connectivity index (χ1n) is 9.87. The van der Waals surface area contributed by atoms with Gasteiger partial charge in [-0.1, -0.05) is 12.1 Å². The Labute approximate surface area is 170 Å². The van der Waals surface area contributed by atoms with Gasteiger partial charge in [0.2, 0.25) is 0 Å². The molecular weight excluding hydrogens is 370 g/mol. The zero-order chi connectivity index (χ0) is 20.4. The van der Waals surface area contributed by atoms with Crippen LogP contribution in [0.5, 0.6) is 5.75 Å². The number of anilines is 3. The molecule has 152 valence electrons. The highest BCUT2D eigenvalue weighted by atomic mass is 16.5. The maximum atomic E-state index is 13.1. The second-order valence-electron chi connectivity index (χ2n) is 7.25. The summed E-state index contributed by atoms with van der Waals surface area (Å²) < 4.78 is 11.3. The summed E-state index contributed by atoms with van der Waals surface area (Å²) in [6.45, 7) is 6.97. The molecule has 7 nitrogen and oxygen atoms in total. The van der Waals surface area contributed by atoms with Crippen molar-refractivity contribution in [3.63, 3.8) is 0 Å². The van der Waals surface area contributed by atoms with Crippen LogP contribution in [-0.4, -0.2) is 50.3 Å². The predicted molar refractivity (Wildman–Crippen MR) is 112 cm³/mol. The summed E-state index contributed by atoms with van der Waals surface area (Å²) in [6, 6.07) is 14.9. The number of carbonyl (C=O) groups excluding carboxylic acids is 2. The number of benzene rings is 2. The lowest BCUT2D eigenvalue weighted by Gasteiger charge is -2.39. The lowest BCUT2D eigenvalue weighted by molar-refractivity contribution is -0.145. The molecule has 1 unspecified atom stereocenters. The van der Waals surface area contributed by atoms with Gasteiger partial charge in [-0.3, -0.25) is 9.59 Å². The Morgan fingerprint density at radius 2 is 1.79 bits per heavy atom. The van der Waals surface area contributed by atoms with Crippen molar-refractivity contribution < 1.29 is 19.1 Å². The highest BCUT2D eigenvalue weighted by Crippen LogP contribution is 2.38. The number of likely N-dealkylation sites (N-methyl/N-ethyl adjacent to an activating group) is 1. The van der Waals surface area contributed by atoms with E-state index in [1.165, 1.54) is 6.92 Å². The van der Waals surface area contributed by atoms with E-state index in [2.05, 4.69) is 10.2 Å². The molecule has 0 aliphatic carbocycles. The highest BCUT2D eigenvalue weighted by Gasteiger charge is 2.50. The van der Waals surface area contributed by atoms with Crippen molar-refractivity contribution in [2.45, 2.75) is 19.4 Å². The summed E-state index contributed by atoms with van der Waals surface area (Å²) in [5.74, 6) is -0.343. The molecule has 4 rings (SSSR count). The summed E-state index contributed by atoms with van der Waals surface area (Å²) >= 11 is 0. The summed E-state index contributed by atoms with van der Waals surface area (Å²) in [5.41, 5.74) is 0.744. The average molecular weight is 395 g/mol. The van der Waals surface area contributed by atoms with Gasteiger partial charge in [-0.2, -0.15) is 0 Å². The van der Waals surface area contributed by atoms with Crippen LogP contribution in [0.25, 0.3) is 0 Å². The number of ether oxygens (including phenoxy) is 2. The average Bonchev–Trinajstić information content (AvgIpc) is 2.76. The molecule has 0 saturated carbocycles.